The molecule has 1 aromatic rings. The molecule has 1 aliphatic rings. The minimum atomic E-state index is -5.72. The fourth-order valence-corrected chi connectivity index (χ4v) is 3.15. The third kappa shape index (κ3) is 4.21. The summed E-state index contributed by atoms with van der Waals surface area (Å²) in [4.78, 5) is 0. The number of nitrogens with one attached hydrogen (secondary N) is 1. The third-order valence-electron chi connectivity index (χ3n) is 3.89. The Labute approximate surface area is 139 Å². The van der Waals surface area contributed by atoms with Crippen molar-refractivity contribution < 1.29 is 25.8 Å². The highest BCUT2D eigenvalue weighted by molar-refractivity contribution is 7.87. The van der Waals surface area contributed by atoms with Gasteiger partial charge in [0.25, 0.3) is 0 Å². The minimum Gasteiger partial charge on any atom is -0.355 e. The topological polar surface area (TPSA) is 73.2 Å². The van der Waals surface area contributed by atoms with Crippen LogP contribution in [0.5, 0.6) is 5.88 Å². The lowest BCUT2D eigenvalue weighted by Gasteiger charge is -2.14. The van der Waals surface area contributed by atoms with E-state index in [1.54, 1.807) is 0 Å². The van der Waals surface area contributed by atoms with Gasteiger partial charge < -0.3 is 9.50 Å². The standard InChI is InChI=1S/C14H22F3N3O3S/c1-3-4-5-8-20-13(23-24(21,22)14(15,16)17)11-9-10(2)18-7-6-12(11)19-20/h10,18H,3-9H2,1-2H3. The van der Waals surface area contributed by atoms with Crippen molar-refractivity contribution in [3.05, 3.63) is 11.3 Å². The third-order valence-corrected chi connectivity index (χ3v) is 4.84. The van der Waals surface area contributed by atoms with Gasteiger partial charge in [-0.25, -0.2) is 4.68 Å². The summed E-state index contributed by atoms with van der Waals surface area (Å²) in [6, 6.07) is -0.00418. The summed E-state index contributed by atoms with van der Waals surface area (Å²) >= 11 is 0. The van der Waals surface area contributed by atoms with Crippen LogP contribution in [-0.2, 0) is 29.5 Å². The van der Waals surface area contributed by atoms with Crippen molar-refractivity contribution in [2.24, 2.45) is 0 Å². The molecule has 2 heterocycles. The molecule has 1 atom stereocenters. The molecule has 0 spiro atoms. The first-order valence-corrected chi connectivity index (χ1v) is 9.39. The van der Waals surface area contributed by atoms with Gasteiger partial charge in [-0.2, -0.15) is 26.7 Å². The maximum absolute atomic E-state index is 12.7. The second-order valence-corrected chi connectivity index (χ2v) is 7.49. The van der Waals surface area contributed by atoms with Crippen LogP contribution in [0.25, 0.3) is 0 Å². The van der Waals surface area contributed by atoms with E-state index in [-0.39, 0.29) is 11.9 Å². The van der Waals surface area contributed by atoms with Crippen molar-refractivity contribution in [2.45, 2.75) is 64.0 Å². The Morgan fingerprint density at radius 1 is 1.38 bits per heavy atom. The lowest BCUT2D eigenvalue weighted by atomic mass is 10.1. The van der Waals surface area contributed by atoms with Gasteiger partial charge in [-0.05, 0) is 19.8 Å². The van der Waals surface area contributed by atoms with E-state index < -0.39 is 15.6 Å². The molecule has 0 amide bonds. The second-order valence-electron chi connectivity index (χ2n) is 5.95. The Kier molecular flexibility index (Phi) is 5.79. The van der Waals surface area contributed by atoms with Crippen LogP contribution < -0.4 is 9.50 Å². The van der Waals surface area contributed by atoms with Gasteiger partial charge in [0.2, 0.25) is 5.88 Å². The number of hydrogen-bond donors (Lipinski definition) is 1. The van der Waals surface area contributed by atoms with Crippen LogP contribution in [0.3, 0.4) is 0 Å². The van der Waals surface area contributed by atoms with Crippen LogP contribution in [0.15, 0.2) is 0 Å². The van der Waals surface area contributed by atoms with Gasteiger partial charge in [-0.3, -0.25) is 0 Å². The number of alkyl halides is 3. The quantitative estimate of drug-likeness (QED) is 0.473. The molecule has 0 fully saturated rings. The molecule has 1 aromatic heterocycles. The van der Waals surface area contributed by atoms with Crippen LogP contribution in [0.1, 0.15) is 44.4 Å². The van der Waals surface area contributed by atoms with Gasteiger partial charge in [0.1, 0.15) is 0 Å². The second kappa shape index (κ2) is 7.30. The molecular weight excluding hydrogens is 347 g/mol. The molecule has 6 nitrogen and oxygen atoms in total. The molecule has 1 N–H and O–H groups in total. The van der Waals surface area contributed by atoms with Crippen molar-refractivity contribution in [3.63, 3.8) is 0 Å². The van der Waals surface area contributed by atoms with Crippen molar-refractivity contribution in [3.8, 4) is 5.88 Å². The van der Waals surface area contributed by atoms with Gasteiger partial charge in [0, 0.05) is 31.1 Å². The number of unbranched alkanes of at least 4 members (excludes halogenated alkanes) is 2. The van der Waals surface area contributed by atoms with Crippen LogP contribution in [0.4, 0.5) is 13.2 Å². The Balaban J connectivity index is 2.40. The highest BCUT2D eigenvalue weighted by Gasteiger charge is 2.49. The molecule has 0 saturated carbocycles. The largest absolute Gasteiger partial charge is 0.534 e. The van der Waals surface area contributed by atoms with Gasteiger partial charge in [0.15, 0.2) is 0 Å². The molecule has 24 heavy (non-hydrogen) atoms. The van der Waals surface area contributed by atoms with Crippen LogP contribution >= 0.6 is 0 Å². The molecule has 10 heteroatoms. The molecule has 1 unspecified atom stereocenters. The van der Waals surface area contributed by atoms with Gasteiger partial charge in [-0.1, -0.05) is 19.8 Å². The summed E-state index contributed by atoms with van der Waals surface area (Å²) < 4.78 is 66.8. The number of aromatic nitrogens is 2. The van der Waals surface area contributed by atoms with E-state index in [1.165, 1.54) is 4.68 Å². The molecular formula is C14H22F3N3O3S. The normalized spacial score (nSPS) is 19.0. The Morgan fingerprint density at radius 3 is 2.71 bits per heavy atom. The van der Waals surface area contributed by atoms with E-state index in [0.29, 0.717) is 43.6 Å². The van der Waals surface area contributed by atoms with Gasteiger partial charge >= 0.3 is 15.6 Å². The molecule has 0 saturated heterocycles. The molecule has 0 aromatic carbocycles. The number of hydrogen-bond acceptors (Lipinski definition) is 5. The lowest BCUT2D eigenvalue weighted by Crippen LogP contribution is -2.30. The Bertz CT molecular complexity index is 671. The smallest absolute Gasteiger partial charge is 0.355 e. The van der Waals surface area contributed by atoms with E-state index in [1.807, 2.05) is 13.8 Å². The van der Waals surface area contributed by atoms with Crippen molar-refractivity contribution in [1.29, 1.82) is 0 Å². The predicted octanol–water partition coefficient (Wildman–Crippen LogP) is 2.38. The first kappa shape index (κ1) is 19.0. The first-order valence-electron chi connectivity index (χ1n) is 7.98. The van der Waals surface area contributed by atoms with E-state index in [2.05, 4.69) is 14.6 Å². The molecule has 0 aliphatic carbocycles. The van der Waals surface area contributed by atoms with E-state index in [9.17, 15) is 21.6 Å². The average Bonchev–Trinajstić information content (AvgIpc) is 2.65. The zero-order chi connectivity index (χ0) is 18.0. The van der Waals surface area contributed by atoms with E-state index in [0.717, 1.165) is 12.8 Å². The Morgan fingerprint density at radius 2 is 2.08 bits per heavy atom. The summed E-state index contributed by atoms with van der Waals surface area (Å²) in [6.45, 7) is 4.83. The first-order chi connectivity index (χ1) is 11.2. The van der Waals surface area contributed by atoms with Gasteiger partial charge in [0.05, 0.1) is 5.69 Å². The summed E-state index contributed by atoms with van der Waals surface area (Å²) in [7, 11) is -5.72. The van der Waals surface area contributed by atoms with Crippen molar-refractivity contribution >= 4 is 10.1 Å². The van der Waals surface area contributed by atoms with Gasteiger partial charge in [-0.15, -0.1) is 0 Å². The molecule has 2 rings (SSSR count). The van der Waals surface area contributed by atoms with E-state index >= 15 is 0 Å². The fraction of sp³-hybridized carbons (Fsp3) is 0.786. The van der Waals surface area contributed by atoms with E-state index in [4.69, 9.17) is 0 Å². The number of nitrogens with zero attached hydrogens (tertiary/aromatic N) is 2. The van der Waals surface area contributed by atoms with Crippen molar-refractivity contribution in [1.82, 2.24) is 15.1 Å². The average molecular weight is 369 g/mol. The minimum absolute atomic E-state index is 0.00418. The number of fused-ring (bicyclic) bond motifs is 1. The maximum Gasteiger partial charge on any atom is 0.534 e. The maximum atomic E-state index is 12.7. The van der Waals surface area contributed by atoms with Crippen LogP contribution in [-0.4, -0.2) is 36.3 Å². The summed E-state index contributed by atoms with van der Waals surface area (Å²) in [5.41, 5.74) is -4.43. The lowest BCUT2D eigenvalue weighted by molar-refractivity contribution is -0.0502. The summed E-state index contributed by atoms with van der Waals surface area (Å²) in [5, 5.41) is 7.50. The van der Waals surface area contributed by atoms with Crippen molar-refractivity contribution in [2.75, 3.05) is 6.54 Å². The molecule has 1 aliphatic heterocycles. The number of aryl methyl sites for hydroxylation is 1. The molecule has 0 bridgehead atoms. The van der Waals surface area contributed by atoms with Crippen LogP contribution in [0.2, 0.25) is 0 Å². The SMILES string of the molecule is CCCCCn1nc2c(c1OS(=O)(=O)C(F)(F)F)CC(C)NCC2. The van der Waals surface area contributed by atoms with Crippen LogP contribution in [0, 0.1) is 0 Å². The monoisotopic (exact) mass is 369 g/mol. The zero-order valence-corrected chi connectivity index (χ0v) is 14.5. The molecule has 138 valence electrons. The molecule has 0 radical (unpaired) electrons. The summed E-state index contributed by atoms with van der Waals surface area (Å²) in [5.74, 6) is -0.297. The Hall–Kier alpha value is -1.29. The predicted molar refractivity (Wildman–Crippen MR) is 82.2 cm³/mol. The fourth-order valence-electron chi connectivity index (χ4n) is 2.66. The number of rotatable bonds is 6. The highest BCUT2D eigenvalue weighted by atomic mass is 32.2. The summed E-state index contributed by atoms with van der Waals surface area (Å²) in [6.07, 6.45) is 3.37. The zero-order valence-electron chi connectivity index (χ0n) is 13.7. The number of halogens is 3. The highest BCUT2D eigenvalue weighted by Crippen LogP contribution is 2.32.